The van der Waals surface area contributed by atoms with E-state index < -0.39 is 0 Å². The number of carbonyl (C=O) groups is 1. The number of rotatable bonds is 4. The van der Waals surface area contributed by atoms with Gasteiger partial charge in [-0.05, 0) is 36.6 Å². The molecule has 0 atom stereocenters. The fourth-order valence-corrected chi connectivity index (χ4v) is 2.04. The van der Waals surface area contributed by atoms with Crippen molar-refractivity contribution in [3.05, 3.63) is 46.4 Å². The van der Waals surface area contributed by atoms with Crippen LogP contribution in [0.3, 0.4) is 0 Å². The van der Waals surface area contributed by atoms with E-state index >= 15 is 0 Å². The van der Waals surface area contributed by atoms with Crippen LogP contribution in [0.2, 0.25) is 0 Å². The molecule has 0 aliphatic rings. The third-order valence-electron chi connectivity index (χ3n) is 2.21. The zero-order chi connectivity index (χ0) is 11.4. The molecule has 2 heterocycles. The number of nitrogens with zero attached hydrogens (tertiary/aromatic N) is 2. The van der Waals surface area contributed by atoms with Crippen molar-refractivity contribution in [1.29, 1.82) is 0 Å². The van der Waals surface area contributed by atoms with Crippen LogP contribution in [0.5, 0.6) is 0 Å². The average molecular weight is 232 g/mol. The van der Waals surface area contributed by atoms with Gasteiger partial charge in [-0.1, -0.05) is 6.07 Å². The highest BCUT2D eigenvalue weighted by Gasteiger charge is 2.07. The Morgan fingerprint density at radius 1 is 1.56 bits per heavy atom. The van der Waals surface area contributed by atoms with E-state index in [1.54, 1.807) is 34.4 Å². The first kappa shape index (κ1) is 10.8. The van der Waals surface area contributed by atoms with Crippen molar-refractivity contribution in [3.63, 3.8) is 0 Å². The van der Waals surface area contributed by atoms with E-state index in [4.69, 9.17) is 0 Å². The summed E-state index contributed by atoms with van der Waals surface area (Å²) >= 11 is 1.61. The monoisotopic (exact) mass is 232 g/mol. The second-order valence-corrected chi connectivity index (χ2v) is 4.22. The second kappa shape index (κ2) is 4.90. The molecule has 0 aliphatic heterocycles. The van der Waals surface area contributed by atoms with Crippen molar-refractivity contribution in [3.8, 4) is 0 Å². The highest BCUT2D eigenvalue weighted by molar-refractivity contribution is 7.10. The van der Waals surface area contributed by atoms with Crippen LogP contribution in [0.15, 0.2) is 35.9 Å². The molecule has 0 N–H and O–H groups in total. The molecule has 3 nitrogen and oxygen atoms in total. The molecule has 16 heavy (non-hydrogen) atoms. The summed E-state index contributed by atoms with van der Waals surface area (Å²) in [4.78, 5) is 12.9. The number of carbonyl (C=O) groups excluding carboxylic acids is 1. The van der Waals surface area contributed by atoms with Gasteiger partial charge in [0, 0.05) is 17.6 Å². The van der Waals surface area contributed by atoms with Crippen molar-refractivity contribution in [2.24, 2.45) is 0 Å². The third-order valence-corrected chi connectivity index (χ3v) is 3.05. The summed E-state index contributed by atoms with van der Waals surface area (Å²) in [6.45, 7) is 2.67. The van der Waals surface area contributed by atoms with Gasteiger partial charge in [0.1, 0.15) is 5.69 Å². The van der Waals surface area contributed by atoms with Gasteiger partial charge in [0.25, 0.3) is 0 Å². The fraction of sp³-hybridized carbons (Fsp3) is 0.167. The Bertz CT molecular complexity index is 497. The Morgan fingerprint density at radius 3 is 3.12 bits per heavy atom. The maximum absolute atomic E-state index is 11.8. The molecule has 2 aromatic heterocycles. The van der Waals surface area contributed by atoms with Crippen LogP contribution < -0.4 is 0 Å². The standard InChI is InChI=1S/C12H12N2OS/c1-2-14-11(7-8-13-14)12(15)6-5-10-4-3-9-16-10/h3-9H,2H2,1H3/b6-5+. The van der Waals surface area contributed by atoms with Crippen LogP contribution in [0.25, 0.3) is 6.08 Å². The topological polar surface area (TPSA) is 34.9 Å². The molecule has 2 rings (SSSR count). The molecule has 0 aromatic carbocycles. The van der Waals surface area contributed by atoms with Crippen LogP contribution >= 0.6 is 11.3 Å². The van der Waals surface area contributed by atoms with Crippen molar-refractivity contribution in [2.45, 2.75) is 13.5 Å². The zero-order valence-corrected chi connectivity index (χ0v) is 9.78. The first-order chi connectivity index (χ1) is 7.81. The van der Waals surface area contributed by atoms with Crippen LogP contribution in [-0.2, 0) is 6.54 Å². The average Bonchev–Trinajstić information content (AvgIpc) is 2.96. The molecule has 2 aromatic rings. The first-order valence-corrected chi connectivity index (χ1v) is 5.97. The van der Waals surface area contributed by atoms with Crippen molar-refractivity contribution in [2.75, 3.05) is 0 Å². The molecule has 82 valence electrons. The lowest BCUT2D eigenvalue weighted by atomic mass is 10.2. The molecule has 0 radical (unpaired) electrons. The van der Waals surface area contributed by atoms with Gasteiger partial charge in [-0.2, -0.15) is 5.10 Å². The van der Waals surface area contributed by atoms with E-state index in [1.807, 2.05) is 30.5 Å². The number of aromatic nitrogens is 2. The molecule has 0 aliphatic carbocycles. The number of hydrogen-bond acceptors (Lipinski definition) is 3. The Labute approximate surface area is 98.0 Å². The maximum atomic E-state index is 11.8. The van der Waals surface area contributed by atoms with Gasteiger partial charge in [0.2, 0.25) is 5.78 Å². The first-order valence-electron chi connectivity index (χ1n) is 5.09. The number of allylic oxidation sites excluding steroid dienone is 1. The minimum absolute atomic E-state index is 0.00671. The lowest BCUT2D eigenvalue weighted by molar-refractivity contribution is 0.103. The largest absolute Gasteiger partial charge is 0.288 e. The van der Waals surface area contributed by atoms with Gasteiger partial charge in [-0.15, -0.1) is 11.3 Å². The maximum Gasteiger partial charge on any atom is 0.203 e. The molecule has 0 amide bonds. The molecule has 0 saturated carbocycles. The minimum Gasteiger partial charge on any atom is -0.288 e. The van der Waals surface area contributed by atoms with Gasteiger partial charge in [0.05, 0.1) is 0 Å². The van der Waals surface area contributed by atoms with Gasteiger partial charge < -0.3 is 0 Å². The summed E-state index contributed by atoms with van der Waals surface area (Å²) in [5.41, 5.74) is 0.635. The summed E-state index contributed by atoms with van der Waals surface area (Å²) in [5, 5.41) is 6.05. The van der Waals surface area contributed by atoms with Crippen LogP contribution in [0, 0.1) is 0 Å². The lowest BCUT2D eigenvalue weighted by Gasteiger charge is -1.99. The third kappa shape index (κ3) is 2.28. The summed E-state index contributed by atoms with van der Waals surface area (Å²) < 4.78 is 1.70. The van der Waals surface area contributed by atoms with Gasteiger partial charge in [-0.25, -0.2) is 0 Å². The van der Waals surface area contributed by atoms with E-state index in [9.17, 15) is 4.79 Å². The Kier molecular flexibility index (Phi) is 3.31. The number of aryl methyl sites for hydroxylation is 1. The van der Waals surface area contributed by atoms with Gasteiger partial charge in [0.15, 0.2) is 0 Å². The van der Waals surface area contributed by atoms with Crippen molar-refractivity contribution >= 4 is 23.2 Å². The molecule has 0 unspecified atom stereocenters. The predicted octanol–water partition coefficient (Wildman–Crippen LogP) is 2.86. The zero-order valence-electron chi connectivity index (χ0n) is 8.96. The predicted molar refractivity (Wildman–Crippen MR) is 65.6 cm³/mol. The minimum atomic E-state index is -0.00671. The van der Waals surface area contributed by atoms with Crippen molar-refractivity contribution < 1.29 is 4.79 Å². The number of thiophene rings is 1. The summed E-state index contributed by atoms with van der Waals surface area (Å²) in [5.74, 6) is -0.00671. The molecular weight excluding hydrogens is 220 g/mol. The molecule has 0 spiro atoms. The molecule has 0 bridgehead atoms. The Morgan fingerprint density at radius 2 is 2.44 bits per heavy atom. The van der Waals surface area contributed by atoms with Crippen LogP contribution in [0.1, 0.15) is 22.3 Å². The Balaban J connectivity index is 2.14. The highest BCUT2D eigenvalue weighted by Crippen LogP contribution is 2.11. The smallest absolute Gasteiger partial charge is 0.203 e. The summed E-state index contributed by atoms with van der Waals surface area (Å²) in [7, 11) is 0. The van der Waals surface area contributed by atoms with Crippen LogP contribution in [0.4, 0.5) is 0 Å². The van der Waals surface area contributed by atoms with Crippen molar-refractivity contribution in [1.82, 2.24) is 9.78 Å². The highest BCUT2D eigenvalue weighted by atomic mass is 32.1. The van der Waals surface area contributed by atoms with Gasteiger partial charge in [-0.3, -0.25) is 9.48 Å². The lowest BCUT2D eigenvalue weighted by Crippen LogP contribution is -2.06. The quantitative estimate of drug-likeness (QED) is 0.600. The van der Waals surface area contributed by atoms with Crippen LogP contribution in [-0.4, -0.2) is 15.6 Å². The number of ketones is 1. The Hall–Kier alpha value is -1.68. The van der Waals surface area contributed by atoms with E-state index in [2.05, 4.69) is 5.10 Å². The summed E-state index contributed by atoms with van der Waals surface area (Å²) in [6, 6.07) is 5.68. The molecule has 4 heteroatoms. The van der Waals surface area contributed by atoms with E-state index in [-0.39, 0.29) is 5.78 Å². The van der Waals surface area contributed by atoms with E-state index in [0.29, 0.717) is 12.2 Å². The van der Waals surface area contributed by atoms with E-state index in [0.717, 1.165) is 4.88 Å². The molecule has 0 fully saturated rings. The summed E-state index contributed by atoms with van der Waals surface area (Å²) in [6.07, 6.45) is 5.07. The number of hydrogen-bond donors (Lipinski definition) is 0. The SMILES string of the molecule is CCn1nccc1C(=O)/C=C/c1cccs1. The normalized spacial score (nSPS) is 11.1. The molecular formula is C12H12N2OS. The van der Waals surface area contributed by atoms with E-state index in [1.165, 1.54) is 0 Å². The van der Waals surface area contributed by atoms with Gasteiger partial charge >= 0.3 is 0 Å². The molecule has 0 saturated heterocycles. The fourth-order valence-electron chi connectivity index (χ4n) is 1.42. The second-order valence-electron chi connectivity index (χ2n) is 3.25.